The molecule has 0 aliphatic heterocycles. The molecule has 0 atom stereocenters. The lowest BCUT2D eigenvalue weighted by molar-refractivity contribution is -0.135. The number of rotatable bonds is 6. The average molecular weight is 246 g/mol. The minimum atomic E-state index is -0.0105. The summed E-state index contributed by atoms with van der Waals surface area (Å²) in [4.78, 5) is 13.6. The zero-order valence-corrected chi connectivity index (χ0v) is 10.8. The standard InChI is InChI=1S/C14H18N2O2/c1-3-8-16(14(17)11-18-2)10-13-6-4-12(9-15)5-7-13/h4-7H,3,8,10-11H2,1-2H3. The first-order chi connectivity index (χ1) is 8.71. The topological polar surface area (TPSA) is 53.3 Å². The second-order valence-corrected chi connectivity index (χ2v) is 4.06. The summed E-state index contributed by atoms with van der Waals surface area (Å²) in [7, 11) is 1.52. The Balaban J connectivity index is 2.70. The predicted octanol–water partition coefficient (Wildman–Crippen LogP) is 1.94. The third-order valence-electron chi connectivity index (χ3n) is 2.57. The quantitative estimate of drug-likeness (QED) is 0.770. The van der Waals surface area contributed by atoms with Gasteiger partial charge < -0.3 is 9.64 Å². The first kappa shape index (κ1) is 14.2. The van der Waals surface area contributed by atoms with Crippen molar-refractivity contribution in [2.45, 2.75) is 19.9 Å². The van der Waals surface area contributed by atoms with Crippen LogP contribution in [-0.4, -0.2) is 31.1 Å². The highest BCUT2D eigenvalue weighted by Gasteiger charge is 2.12. The minimum Gasteiger partial charge on any atom is -0.375 e. The van der Waals surface area contributed by atoms with Gasteiger partial charge in [0.1, 0.15) is 6.61 Å². The number of hydrogen-bond donors (Lipinski definition) is 0. The first-order valence-corrected chi connectivity index (χ1v) is 5.97. The lowest BCUT2D eigenvalue weighted by Crippen LogP contribution is -2.33. The Morgan fingerprint density at radius 2 is 2.06 bits per heavy atom. The Morgan fingerprint density at radius 3 is 2.56 bits per heavy atom. The van der Waals surface area contributed by atoms with Gasteiger partial charge in [0.05, 0.1) is 11.6 Å². The summed E-state index contributed by atoms with van der Waals surface area (Å²) >= 11 is 0. The van der Waals surface area contributed by atoms with E-state index >= 15 is 0 Å². The zero-order valence-electron chi connectivity index (χ0n) is 10.8. The fourth-order valence-electron chi connectivity index (χ4n) is 1.68. The van der Waals surface area contributed by atoms with Crippen LogP contribution in [0.3, 0.4) is 0 Å². The predicted molar refractivity (Wildman–Crippen MR) is 68.7 cm³/mol. The van der Waals surface area contributed by atoms with Crippen molar-refractivity contribution in [1.82, 2.24) is 4.90 Å². The van der Waals surface area contributed by atoms with E-state index < -0.39 is 0 Å². The van der Waals surface area contributed by atoms with Gasteiger partial charge in [0.2, 0.25) is 5.91 Å². The molecular formula is C14H18N2O2. The highest BCUT2D eigenvalue weighted by atomic mass is 16.5. The molecule has 0 radical (unpaired) electrons. The molecule has 0 aliphatic carbocycles. The molecule has 0 saturated carbocycles. The molecule has 1 aromatic rings. The molecule has 0 saturated heterocycles. The molecule has 1 aromatic carbocycles. The van der Waals surface area contributed by atoms with Gasteiger partial charge in [-0.2, -0.15) is 5.26 Å². The highest BCUT2D eigenvalue weighted by molar-refractivity contribution is 5.77. The SMILES string of the molecule is CCCN(Cc1ccc(C#N)cc1)C(=O)COC. The number of nitriles is 1. The molecule has 96 valence electrons. The molecule has 18 heavy (non-hydrogen) atoms. The van der Waals surface area contributed by atoms with Crippen molar-refractivity contribution in [3.05, 3.63) is 35.4 Å². The Labute approximate surface area is 108 Å². The molecule has 0 bridgehead atoms. The van der Waals surface area contributed by atoms with E-state index in [0.29, 0.717) is 18.7 Å². The molecule has 0 spiro atoms. The largest absolute Gasteiger partial charge is 0.375 e. The second kappa shape index (κ2) is 7.46. The second-order valence-electron chi connectivity index (χ2n) is 4.06. The molecule has 4 nitrogen and oxygen atoms in total. The smallest absolute Gasteiger partial charge is 0.248 e. The van der Waals surface area contributed by atoms with Crippen LogP contribution >= 0.6 is 0 Å². The molecule has 1 rings (SSSR count). The van der Waals surface area contributed by atoms with Gasteiger partial charge >= 0.3 is 0 Å². The van der Waals surface area contributed by atoms with Crippen LogP contribution in [0.2, 0.25) is 0 Å². The lowest BCUT2D eigenvalue weighted by Gasteiger charge is -2.21. The van der Waals surface area contributed by atoms with Gasteiger partial charge in [-0.05, 0) is 24.1 Å². The van der Waals surface area contributed by atoms with Crippen molar-refractivity contribution in [1.29, 1.82) is 5.26 Å². The van der Waals surface area contributed by atoms with Crippen molar-refractivity contribution in [3.8, 4) is 6.07 Å². The monoisotopic (exact) mass is 246 g/mol. The first-order valence-electron chi connectivity index (χ1n) is 5.97. The summed E-state index contributed by atoms with van der Waals surface area (Å²) in [6.07, 6.45) is 0.908. The summed E-state index contributed by atoms with van der Waals surface area (Å²) in [6.45, 7) is 3.41. The van der Waals surface area contributed by atoms with Gasteiger partial charge in [-0.25, -0.2) is 0 Å². The normalized spacial score (nSPS) is 9.83. The van der Waals surface area contributed by atoms with E-state index in [9.17, 15) is 4.79 Å². The average Bonchev–Trinajstić information content (AvgIpc) is 2.39. The zero-order chi connectivity index (χ0) is 13.4. The Kier molecular flexibility index (Phi) is 5.89. The maximum atomic E-state index is 11.8. The van der Waals surface area contributed by atoms with Gasteiger partial charge in [0.25, 0.3) is 0 Å². The molecule has 4 heteroatoms. The number of benzene rings is 1. The maximum Gasteiger partial charge on any atom is 0.248 e. The number of ether oxygens (including phenoxy) is 1. The third-order valence-corrected chi connectivity index (χ3v) is 2.57. The Morgan fingerprint density at radius 1 is 1.39 bits per heavy atom. The molecule has 0 N–H and O–H groups in total. The molecule has 0 unspecified atom stereocenters. The summed E-state index contributed by atoms with van der Waals surface area (Å²) in [5, 5.41) is 8.72. The maximum absolute atomic E-state index is 11.8. The summed E-state index contributed by atoms with van der Waals surface area (Å²) in [5.74, 6) is -0.0105. The van der Waals surface area contributed by atoms with E-state index in [2.05, 4.69) is 6.07 Å². The van der Waals surface area contributed by atoms with Crippen molar-refractivity contribution in [2.24, 2.45) is 0 Å². The van der Waals surface area contributed by atoms with Crippen LogP contribution in [0.15, 0.2) is 24.3 Å². The molecule has 0 fully saturated rings. The number of carbonyl (C=O) groups excluding carboxylic acids is 1. The van der Waals surface area contributed by atoms with Crippen LogP contribution in [0.4, 0.5) is 0 Å². The minimum absolute atomic E-state index is 0.0105. The van der Waals surface area contributed by atoms with Gasteiger partial charge in [-0.3, -0.25) is 4.79 Å². The number of nitrogens with zero attached hydrogens (tertiary/aromatic N) is 2. The van der Waals surface area contributed by atoms with Crippen molar-refractivity contribution in [3.63, 3.8) is 0 Å². The Hall–Kier alpha value is -1.86. The highest BCUT2D eigenvalue weighted by Crippen LogP contribution is 2.08. The van der Waals surface area contributed by atoms with Crippen LogP contribution in [0, 0.1) is 11.3 Å². The number of hydrogen-bond acceptors (Lipinski definition) is 3. The number of carbonyl (C=O) groups is 1. The van der Waals surface area contributed by atoms with Gasteiger partial charge in [-0.15, -0.1) is 0 Å². The van der Waals surface area contributed by atoms with Crippen molar-refractivity contribution >= 4 is 5.91 Å². The summed E-state index contributed by atoms with van der Waals surface area (Å²) in [6, 6.07) is 9.36. The van der Waals surface area contributed by atoms with Crippen LogP contribution in [0.1, 0.15) is 24.5 Å². The molecular weight excluding hydrogens is 228 g/mol. The van der Waals surface area contributed by atoms with Crippen molar-refractivity contribution in [2.75, 3.05) is 20.3 Å². The molecule has 0 aliphatic rings. The van der Waals surface area contributed by atoms with E-state index in [1.54, 1.807) is 17.0 Å². The summed E-state index contributed by atoms with van der Waals surface area (Å²) in [5.41, 5.74) is 1.65. The van der Waals surface area contributed by atoms with Crippen LogP contribution in [0.25, 0.3) is 0 Å². The van der Waals surface area contributed by atoms with Crippen LogP contribution in [-0.2, 0) is 16.1 Å². The van der Waals surface area contributed by atoms with Crippen LogP contribution < -0.4 is 0 Å². The van der Waals surface area contributed by atoms with E-state index in [1.165, 1.54) is 7.11 Å². The van der Waals surface area contributed by atoms with E-state index in [0.717, 1.165) is 12.0 Å². The Bertz CT molecular complexity index is 420. The third kappa shape index (κ3) is 4.19. The number of methoxy groups -OCH3 is 1. The lowest BCUT2D eigenvalue weighted by atomic mass is 10.1. The van der Waals surface area contributed by atoms with Crippen LogP contribution in [0.5, 0.6) is 0 Å². The van der Waals surface area contributed by atoms with Gasteiger partial charge in [-0.1, -0.05) is 19.1 Å². The molecule has 0 aromatic heterocycles. The number of amides is 1. The molecule has 1 amide bonds. The van der Waals surface area contributed by atoms with E-state index in [-0.39, 0.29) is 12.5 Å². The van der Waals surface area contributed by atoms with Gasteiger partial charge in [0.15, 0.2) is 0 Å². The van der Waals surface area contributed by atoms with E-state index in [1.807, 2.05) is 19.1 Å². The fourth-order valence-corrected chi connectivity index (χ4v) is 1.68. The van der Waals surface area contributed by atoms with Crippen molar-refractivity contribution < 1.29 is 9.53 Å². The summed E-state index contributed by atoms with van der Waals surface area (Å²) < 4.78 is 4.87. The molecule has 0 heterocycles. The fraction of sp³-hybridized carbons (Fsp3) is 0.429. The van der Waals surface area contributed by atoms with E-state index in [4.69, 9.17) is 10.00 Å². The van der Waals surface area contributed by atoms with Gasteiger partial charge in [0, 0.05) is 20.2 Å².